The third kappa shape index (κ3) is 5.27. The fourth-order valence-electron chi connectivity index (χ4n) is 4.98. The second kappa shape index (κ2) is 11.3. The summed E-state index contributed by atoms with van der Waals surface area (Å²) in [6.07, 6.45) is 2.29. The Kier molecular flexibility index (Phi) is 8.03. The Balaban J connectivity index is 1.38. The van der Waals surface area contributed by atoms with Gasteiger partial charge in [0.15, 0.2) is 0 Å². The van der Waals surface area contributed by atoms with E-state index in [1.54, 1.807) is 26.2 Å². The van der Waals surface area contributed by atoms with Crippen molar-refractivity contribution in [2.24, 2.45) is 5.92 Å². The Labute approximate surface area is 242 Å². The molecule has 3 aromatic rings. The Morgan fingerprint density at radius 2 is 2.12 bits per heavy atom. The molecule has 1 aromatic carbocycles. The van der Waals surface area contributed by atoms with E-state index in [2.05, 4.69) is 31.1 Å². The minimum absolute atomic E-state index is 0.144. The quantitative estimate of drug-likeness (QED) is 0.256. The van der Waals surface area contributed by atoms with Gasteiger partial charge >= 0.3 is 5.97 Å². The Morgan fingerprint density at radius 1 is 1.32 bits per heavy atom. The van der Waals surface area contributed by atoms with Crippen LogP contribution in [-0.4, -0.2) is 59.8 Å². The number of nitrogens with zero attached hydrogens (tertiary/aromatic N) is 2. The second-order valence-corrected chi connectivity index (χ2v) is 11.6. The van der Waals surface area contributed by atoms with Crippen molar-refractivity contribution in [2.45, 2.75) is 57.2 Å². The maximum Gasteiger partial charge on any atom is 0.332 e. The summed E-state index contributed by atoms with van der Waals surface area (Å²) in [6, 6.07) is 5.00. The molecule has 0 unspecified atom stereocenters. The lowest BCUT2D eigenvalue weighted by atomic mass is 10.1. The lowest BCUT2D eigenvalue weighted by Crippen LogP contribution is -2.51. The van der Waals surface area contributed by atoms with Crippen LogP contribution in [0.4, 0.5) is 0 Å². The minimum Gasteiger partial charge on any atom is -0.495 e. The van der Waals surface area contributed by atoms with Crippen LogP contribution in [0.3, 0.4) is 0 Å². The molecule has 2 fully saturated rings. The predicted octanol–water partition coefficient (Wildman–Crippen LogP) is 4.88. The molecule has 11 heteroatoms. The highest BCUT2D eigenvalue weighted by Crippen LogP contribution is 2.45. The molecule has 40 heavy (non-hydrogen) atoms. The van der Waals surface area contributed by atoms with E-state index in [9.17, 15) is 9.59 Å². The molecule has 5 rings (SSSR count). The number of carbonyl (C=O) groups is 2. The van der Waals surface area contributed by atoms with Gasteiger partial charge in [-0.05, 0) is 31.4 Å². The first-order valence-electron chi connectivity index (χ1n) is 13.4. The number of benzene rings is 1. The molecule has 2 aliphatic rings. The number of pyridine rings is 1. The Morgan fingerprint density at radius 3 is 2.77 bits per heavy atom. The summed E-state index contributed by atoms with van der Waals surface area (Å²) in [6.45, 7) is 10.4. The van der Waals surface area contributed by atoms with Crippen molar-refractivity contribution in [3.05, 3.63) is 47.0 Å². The summed E-state index contributed by atoms with van der Waals surface area (Å²) >= 11 is 8.20. The summed E-state index contributed by atoms with van der Waals surface area (Å²) in [5.74, 6) is 0.563. The fraction of sp³-hybridized carbons (Fsp3) is 0.448. The van der Waals surface area contributed by atoms with Gasteiger partial charge in [-0.25, -0.2) is 14.8 Å². The minimum atomic E-state index is -1.04. The number of nitrogens with one attached hydrogen (secondary N) is 2. The molecule has 1 saturated carbocycles. The molecule has 0 spiro atoms. The number of thiazole rings is 1. The summed E-state index contributed by atoms with van der Waals surface area (Å²) in [4.78, 5) is 35.3. The standard InChI is InChI=1S/C29H33ClN4O5S/c1-6-16-12-29(16,28(36)38-7-2)34-26(35)19-10-17(13-31-19)39-23-11-20(27-33-21(14-40-27)15(3)4)32-25-18(23)8-9-22(37-5)24(25)30/h6,8-9,11,14-17,19,31H,1,7,10,12-13H2,2-5H3,(H,34,35)/t16-,17-,19+,29+/m1/s1. The lowest BCUT2D eigenvalue weighted by Gasteiger charge is -2.20. The Hall–Kier alpha value is -3.21. The smallest absolute Gasteiger partial charge is 0.332 e. The SMILES string of the molecule is C=C[C@@H]1C[C@@]1(NC(=O)[C@@H]1C[C@@H](Oc2cc(-c3nc(C(C)C)cs3)nc3c(Cl)c(OC)ccc23)CN1)C(=O)OCC. The van der Waals surface area contributed by atoms with Gasteiger partial charge < -0.3 is 24.8 Å². The molecule has 1 amide bonds. The fourth-order valence-corrected chi connectivity index (χ4v) is 6.21. The van der Waals surface area contributed by atoms with Crippen molar-refractivity contribution in [1.29, 1.82) is 0 Å². The van der Waals surface area contributed by atoms with E-state index in [0.717, 1.165) is 16.1 Å². The number of amides is 1. The van der Waals surface area contributed by atoms with Gasteiger partial charge in [-0.1, -0.05) is 31.5 Å². The van der Waals surface area contributed by atoms with Gasteiger partial charge in [-0.2, -0.15) is 0 Å². The van der Waals surface area contributed by atoms with Crippen LogP contribution in [0.15, 0.2) is 36.2 Å². The van der Waals surface area contributed by atoms with Crippen molar-refractivity contribution < 1.29 is 23.8 Å². The van der Waals surface area contributed by atoms with Crippen LogP contribution in [0.25, 0.3) is 21.6 Å². The number of esters is 1. The zero-order valence-electron chi connectivity index (χ0n) is 23.0. The number of hydrogen-bond acceptors (Lipinski definition) is 9. The predicted molar refractivity (Wildman–Crippen MR) is 155 cm³/mol. The zero-order chi connectivity index (χ0) is 28.6. The van der Waals surface area contributed by atoms with Crippen LogP contribution >= 0.6 is 22.9 Å². The third-order valence-corrected chi connectivity index (χ3v) is 8.63. The topological polar surface area (TPSA) is 112 Å². The normalized spacial score (nSPS) is 23.7. The first-order chi connectivity index (χ1) is 19.2. The average Bonchev–Trinajstić information content (AvgIpc) is 3.25. The van der Waals surface area contributed by atoms with Crippen molar-refractivity contribution in [3.8, 4) is 22.2 Å². The van der Waals surface area contributed by atoms with E-state index < -0.39 is 17.6 Å². The van der Waals surface area contributed by atoms with Crippen LogP contribution in [0, 0.1) is 5.92 Å². The van der Waals surface area contributed by atoms with Gasteiger partial charge in [0.2, 0.25) is 5.91 Å². The molecule has 2 aromatic heterocycles. The highest BCUT2D eigenvalue weighted by Gasteiger charge is 2.61. The van der Waals surface area contributed by atoms with Gasteiger partial charge in [0.05, 0.1) is 31.0 Å². The summed E-state index contributed by atoms with van der Waals surface area (Å²) in [5, 5.41) is 10.1. The number of aromatic nitrogens is 2. The first kappa shape index (κ1) is 28.3. The lowest BCUT2D eigenvalue weighted by molar-refractivity contribution is -0.149. The molecule has 0 bridgehead atoms. The van der Waals surface area contributed by atoms with Crippen molar-refractivity contribution >= 4 is 45.7 Å². The molecule has 3 heterocycles. The highest BCUT2D eigenvalue weighted by atomic mass is 35.5. The maximum atomic E-state index is 13.2. The van der Waals surface area contributed by atoms with Crippen molar-refractivity contribution in [3.63, 3.8) is 0 Å². The van der Waals surface area contributed by atoms with E-state index in [-0.39, 0.29) is 30.5 Å². The summed E-state index contributed by atoms with van der Waals surface area (Å²) in [5.41, 5.74) is 1.15. The van der Waals surface area contributed by atoms with Crippen LogP contribution < -0.4 is 20.1 Å². The van der Waals surface area contributed by atoms with Gasteiger partial charge in [0, 0.05) is 35.7 Å². The van der Waals surface area contributed by atoms with Crippen LogP contribution in [0.1, 0.15) is 45.2 Å². The molecular weight excluding hydrogens is 552 g/mol. The van der Waals surface area contributed by atoms with Gasteiger partial charge in [-0.15, -0.1) is 17.9 Å². The third-order valence-electron chi connectivity index (χ3n) is 7.38. The van der Waals surface area contributed by atoms with Gasteiger partial charge in [0.1, 0.15) is 38.9 Å². The molecule has 212 valence electrons. The molecule has 4 atom stereocenters. The van der Waals surface area contributed by atoms with E-state index in [4.69, 9.17) is 35.8 Å². The molecule has 2 N–H and O–H groups in total. The number of fused-ring (bicyclic) bond motifs is 1. The van der Waals surface area contributed by atoms with E-state index >= 15 is 0 Å². The zero-order valence-corrected chi connectivity index (χ0v) is 24.5. The molecular formula is C29H33ClN4O5S. The molecule has 1 aliphatic carbocycles. The molecule has 0 radical (unpaired) electrons. The van der Waals surface area contributed by atoms with E-state index in [0.29, 0.717) is 47.1 Å². The number of hydrogen-bond donors (Lipinski definition) is 2. The van der Waals surface area contributed by atoms with Crippen molar-refractivity contribution in [2.75, 3.05) is 20.3 Å². The van der Waals surface area contributed by atoms with Crippen LogP contribution in [-0.2, 0) is 14.3 Å². The monoisotopic (exact) mass is 584 g/mol. The van der Waals surface area contributed by atoms with Gasteiger partial charge in [0.25, 0.3) is 0 Å². The summed E-state index contributed by atoms with van der Waals surface area (Å²) < 4.78 is 17.1. The van der Waals surface area contributed by atoms with Crippen LogP contribution in [0.2, 0.25) is 5.02 Å². The van der Waals surface area contributed by atoms with Gasteiger partial charge in [-0.3, -0.25) is 4.79 Å². The molecule has 1 aliphatic heterocycles. The average molecular weight is 585 g/mol. The largest absolute Gasteiger partial charge is 0.495 e. The van der Waals surface area contributed by atoms with E-state index in [1.807, 2.05) is 17.5 Å². The number of carbonyl (C=O) groups excluding carboxylic acids is 2. The Bertz CT molecular complexity index is 1460. The second-order valence-electron chi connectivity index (χ2n) is 10.4. The van der Waals surface area contributed by atoms with E-state index in [1.165, 1.54) is 11.3 Å². The highest BCUT2D eigenvalue weighted by molar-refractivity contribution is 7.13. The summed E-state index contributed by atoms with van der Waals surface area (Å²) in [7, 11) is 1.56. The molecule has 1 saturated heterocycles. The maximum absolute atomic E-state index is 13.2. The van der Waals surface area contributed by atoms with Crippen LogP contribution in [0.5, 0.6) is 11.5 Å². The van der Waals surface area contributed by atoms with Crippen molar-refractivity contribution in [1.82, 2.24) is 20.6 Å². The number of halogens is 1. The number of rotatable bonds is 10. The number of methoxy groups -OCH3 is 1. The molecule has 9 nitrogen and oxygen atoms in total. The number of ether oxygens (including phenoxy) is 3. The first-order valence-corrected chi connectivity index (χ1v) is 14.6.